The van der Waals surface area contributed by atoms with E-state index in [-0.39, 0.29) is 53.8 Å². The fraction of sp³-hybridized carbons (Fsp3) is 0.576. The fourth-order valence-electron chi connectivity index (χ4n) is 7.23. The highest BCUT2D eigenvalue weighted by Gasteiger charge is 2.41. The molecule has 0 bridgehead atoms. The van der Waals surface area contributed by atoms with Crippen LogP contribution < -0.4 is 10.6 Å². The van der Waals surface area contributed by atoms with Gasteiger partial charge in [-0.1, -0.05) is 20.8 Å². The smallest absolute Gasteiger partial charge is 0.303 e. The summed E-state index contributed by atoms with van der Waals surface area (Å²) in [5, 5.41) is 25.2. The van der Waals surface area contributed by atoms with Gasteiger partial charge in [-0.15, -0.1) is 0 Å². The molecule has 5 atom stereocenters. The highest BCUT2D eigenvalue weighted by molar-refractivity contribution is 7.80. The van der Waals surface area contributed by atoms with Gasteiger partial charge in [0.05, 0.1) is 6.04 Å². The van der Waals surface area contributed by atoms with Crippen molar-refractivity contribution in [2.24, 2.45) is 11.8 Å². The Balaban J connectivity index is 1.70. The molecule has 2 aromatic heterocycles. The summed E-state index contributed by atoms with van der Waals surface area (Å²) in [5.41, 5.74) is 9.35. The predicted molar refractivity (Wildman–Crippen MR) is 171 cm³/mol. The van der Waals surface area contributed by atoms with Crippen molar-refractivity contribution < 1.29 is 29.4 Å². The predicted octanol–water partition coefficient (Wildman–Crippen LogP) is 3.96. The molecule has 4 rings (SSSR count). The Morgan fingerprint density at radius 2 is 1.39 bits per heavy atom. The fourth-order valence-corrected chi connectivity index (χ4v) is 7.70. The van der Waals surface area contributed by atoms with E-state index in [1.165, 1.54) is 0 Å². The van der Waals surface area contributed by atoms with Crippen molar-refractivity contribution >= 4 is 36.4 Å². The van der Waals surface area contributed by atoms with Crippen LogP contribution in [0.15, 0.2) is 11.1 Å². The third-order valence-corrected chi connectivity index (χ3v) is 10.1. The summed E-state index contributed by atoms with van der Waals surface area (Å²) in [7, 11) is 0. The molecule has 0 aromatic carbocycles. The SMILES string of the molecule is CCC1=C(C)C(Cc2[nH]c(Cc3[nH]c(C[C@@H]4NC(=O)[C@H](C)[C@H]4[C@H](C)S)c(C)c3CCC(=O)O)c(CCC(=O)O)c2C)NC1=O. The van der Waals surface area contributed by atoms with Crippen LogP contribution in [0.2, 0.25) is 0 Å². The number of aromatic amines is 2. The number of hydrogen-bond acceptors (Lipinski definition) is 5. The van der Waals surface area contributed by atoms with Crippen LogP contribution in [0, 0.1) is 25.7 Å². The van der Waals surface area contributed by atoms with Crippen molar-refractivity contribution in [3.8, 4) is 0 Å². The second-order valence-corrected chi connectivity index (χ2v) is 13.3. The molecule has 2 amide bonds. The first-order chi connectivity index (χ1) is 20.7. The number of thiol groups is 1. The minimum absolute atomic E-state index is 0.0171. The zero-order valence-electron chi connectivity index (χ0n) is 26.5. The number of carbonyl (C=O) groups excluding carboxylic acids is 2. The van der Waals surface area contributed by atoms with Gasteiger partial charge >= 0.3 is 11.9 Å². The van der Waals surface area contributed by atoms with Gasteiger partial charge in [-0.05, 0) is 67.9 Å². The first-order valence-corrected chi connectivity index (χ1v) is 16.1. The minimum atomic E-state index is -0.882. The van der Waals surface area contributed by atoms with Crippen LogP contribution in [-0.4, -0.2) is 61.3 Å². The van der Waals surface area contributed by atoms with E-state index in [1.807, 2.05) is 41.5 Å². The summed E-state index contributed by atoms with van der Waals surface area (Å²) < 4.78 is 0. The molecule has 240 valence electrons. The van der Waals surface area contributed by atoms with Gasteiger partial charge in [0.2, 0.25) is 11.8 Å². The number of hydrogen-bond donors (Lipinski definition) is 7. The van der Waals surface area contributed by atoms with Gasteiger partial charge in [-0.2, -0.15) is 12.6 Å². The van der Waals surface area contributed by atoms with Crippen LogP contribution in [-0.2, 0) is 51.3 Å². The molecule has 0 spiro atoms. The summed E-state index contributed by atoms with van der Waals surface area (Å²) in [6.45, 7) is 11.9. The van der Waals surface area contributed by atoms with Crippen LogP contribution in [0.3, 0.4) is 0 Å². The number of rotatable bonds is 14. The molecule has 10 nitrogen and oxygen atoms in total. The van der Waals surface area contributed by atoms with Gasteiger partial charge < -0.3 is 30.8 Å². The zero-order chi connectivity index (χ0) is 32.5. The van der Waals surface area contributed by atoms with Crippen LogP contribution in [0.5, 0.6) is 0 Å². The van der Waals surface area contributed by atoms with E-state index in [4.69, 9.17) is 0 Å². The normalized spacial score (nSPS) is 22.4. The molecule has 0 saturated carbocycles. The first-order valence-electron chi connectivity index (χ1n) is 15.5. The van der Waals surface area contributed by atoms with Crippen LogP contribution in [0.4, 0.5) is 0 Å². The van der Waals surface area contributed by atoms with E-state index < -0.39 is 11.9 Å². The van der Waals surface area contributed by atoms with Crippen molar-refractivity contribution in [3.05, 3.63) is 56.2 Å². The summed E-state index contributed by atoms with van der Waals surface area (Å²) in [6.07, 6.45) is 2.91. The highest BCUT2D eigenvalue weighted by Crippen LogP contribution is 2.34. The highest BCUT2D eigenvalue weighted by atomic mass is 32.1. The molecule has 6 N–H and O–H groups in total. The van der Waals surface area contributed by atoms with E-state index in [2.05, 4.69) is 33.2 Å². The Hall–Kier alpha value is -3.47. The number of nitrogens with one attached hydrogen (secondary N) is 4. The number of carboxylic acids is 2. The zero-order valence-corrected chi connectivity index (χ0v) is 27.4. The lowest BCUT2D eigenvalue weighted by molar-refractivity contribution is -0.138. The molecule has 2 aromatic rings. The molecule has 11 heteroatoms. The lowest BCUT2D eigenvalue weighted by Crippen LogP contribution is -2.34. The molecule has 0 radical (unpaired) electrons. The van der Waals surface area contributed by atoms with Gasteiger partial charge in [0.1, 0.15) is 0 Å². The van der Waals surface area contributed by atoms with Crippen molar-refractivity contribution in [3.63, 3.8) is 0 Å². The number of aliphatic carboxylic acids is 2. The van der Waals surface area contributed by atoms with Crippen molar-refractivity contribution in [2.45, 2.75) is 110 Å². The Bertz CT molecular complexity index is 1490. The molecule has 1 fully saturated rings. The Labute approximate surface area is 264 Å². The third kappa shape index (κ3) is 6.92. The number of aromatic nitrogens is 2. The number of carboxylic acid groups (broad SMARTS) is 2. The average molecular weight is 627 g/mol. The molecule has 0 aliphatic carbocycles. The molecular weight excluding hydrogens is 580 g/mol. The van der Waals surface area contributed by atoms with E-state index >= 15 is 0 Å². The molecule has 1 unspecified atom stereocenters. The molecule has 2 aliphatic rings. The second-order valence-electron chi connectivity index (χ2n) is 12.5. The number of carbonyl (C=O) groups is 4. The average Bonchev–Trinajstić information content (AvgIpc) is 3.59. The van der Waals surface area contributed by atoms with Crippen molar-refractivity contribution in [2.75, 3.05) is 0 Å². The van der Waals surface area contributed by atoms with Gasteiger partial charge in [0.15, 0.2) is 0 Å². The molecule has 44 heavy (non-hydrogen) atoms. The number of H-pyrrole nitrogens is 2. The first kappa shape index (κ1) is 33.4. The van der Waals surface area contributed by atoms with Crippen molar-refractivity contribution in [1.29, 1.82) is 0 Å². The lowest BCUT2D eigenvalue weighted by Gasteiger charge is -2.24. The summed E-state index contributed by atoms with van der Waals surface area (Å²) in [6, 6.07) is -0.231. The molecule has 1 saturated heterocycles. The third-order valence-electron chi connectivity index (χ3n) is 9.78. The monoisotopic (exact) mass is 626 g/mol. The quantitative estimate of drug-likeness (QED) is 0.157. The number of amides is 2. The summed E-state index contributed by atoms with van der Waals surface area (Å²) in [4.78, 5) is 55.3. The van der Waals surface area contributed by atoms with Gasteiger partial charge in [0, 0.05) is 83.6 Å². The van der Waals surface area contributed by atoms with Gasteiger partial charge in [-0.3, -0.25) is 19.2 Å². The Morgan fingerprint density at radius 1 is 0.864 bits per heavy atom. The maximum absolute atomic E-state index is 12.6. The Kier molecular flexibility index (Phi) is 10.4. The Morgan fingerprint density at radius 3 is 1.84 bits per heavy atom. The minimum Gasteiger partial charge on any atom is -0.481 e. The maximum Gasteiger partial charge on any atom is 0.303 e. The summed E-state index contributed by atoms with van der Waals surface area (Å²) in [5.74, 6) is -1.88. The summed E-state index contributed by atoms with van der Waals surface area (Å²) >= 11 is 4.67. The van der Waals surface area contributed by atoms with Crippen molar-refractivity contribution in [1.82, 2.24) is 20.6 Å². The lowest BCUT2D eigenvalue weighted by atomic mass is 9.86. The molecular formula is C33H46N4O6S. The van der Waals surface area contributed by atoms with E-state index in [0.29, 0.717) is 38.5 Å². The van der Waals surface area contributed by atoms with Crippen LogP contribution in [0.1, 0.15) is 92.0 Å². The van der Waals surface area contributed by atoms with Gasteiger partial charge in [-0.25, -0.2) is 0 Å². The largest absolute Gasteiger partial charge is 0.481 e. The standard InChI is InChI=1S/C33H46N4O6S/c1-7-20-15(2)25(36-33(20)43)12-23-16(3)21(8-10-29(38)39)26(34-23)14-27-22(9-11-30(40)41)17(4)24(35-27)13-28-31(19(6)44)18(5)32(42)37-28/h18-19,25,28,31,34-35,44H,7-14H2,1-6H3,(H,36,43)(H,37,42)(H,38,39)(H,40,41)/t18-,19+,25?,28+,31+/m1/s1. The van der Waals surface area contributed by atoms with Crippen LogP contribution >= 0.6 is 12.6 Å². The topological polar surface area (TPSA) is 164 Å². The van der Waals surface area contributed by atoms with E-state index in [9.17, 15) is 29.4 Å². The molecule has 2 aliphatic heterocycles. The molecule has 4 heterocycles. The van der Waals surface area contributed by atoms with E-state index in [1.54, 1.807) is 0 Å². The van der Waals surface area contributed by atoms with Gasteiger partial charge in [0.25, 0.3) is 0 Å². The van der Waals surface area contributed by atoms with E-state index in [0.717, 1.165) is 56.2 Å². The van der Waals surface area contributed by atoms with Crippen LogP contribution in [0.25, 0.3) is 0 Å². The maximum atomic E-state index is 12.6. The second kappa shape index (κ2) is 13.7.